The van der Waals surface area contributed by atoms with E-state index in [4.69, 9.17) is 0 Å². The quantitative estimate of drug-likeness (QED) is 0.877. The van der Waals surface area contributed by atoms with Crippen LogP contribution in [0.25, 0.3) is 11.3 Å². The van der Waals surface area contributed by atoms with Crippen LogP contribution >= 0.6 is 0 Å². The molecule has 0 amide bonds. The molecule has 2 aromatic heterocycles. The van der Waals surface area contributed by atoms with Crippen molar-refractivity contribution in [2.45, 2.75) is 19.8 Å². The molecule has 0 atom stereocenters. The summed E-state index contributed by atoms with van der Waals surface area (Å²) >= 11 is 0. The molecule has 0 saturated heterocycles. The molecule has 0 aliphatic carbocycles. The molecule has 4 nitrogen and oxygen atoms in total. The smallest absolute Gasteiger partial charge is 0.133 e. The van der Waals surface area contributed by atoms with Gasteiger partial charge in [0.2, 0.25) is 0 Å². The summed E-state index contributed by atoms with van der Waals surface area (Å²) in [6, 6.07) is 5.85. The van der Waals surface area contributed by atoms with E-state index in [2.05, 4.69) is 34.1 Å². The zero-order valence-corrected chi connectivity index (χ0v) is 10.3. The second-order valence-corrected chi connectivity index (χ2v) is 4.14. The summed E-state index contributed by atoms with van der Waals surface area (Å²) in [5, 5.41) is 3.07. The summed E-state index contributed by atoms with van der Waals surface area (Å²) in [6.45, 7) is 4.18. The minimum atomic E-state index is 0.309. The summed E-state index contributed by atoms with van der Waals surface area (Å²) in [5.74, 6) is 2.00. The Hall–Kier alpha value is -1.97. The van der Waals surface area contributed by atoms with E-state index in [9.17, 15) is 0 Å². The molecule has 17 heavy (non-hydrogen) atoms. The first-order valence-electron chi connectivity index (χ1n) is 5.68. The van der Waals surface area contributed by atoms with Crippen molar-refractivity contribution in [2.75, 3.05) is 12.4 Å². The maximum Gasteiger partial charge on any atom is 0.133 e. The summed E-state index contributed by atoms with van der Waals surface area (Å²) in [7, 11) is 1.86. The summed E-state index contributed by atoms with van der Waals surface area (Å²) < 4.78 is 0. The van der Waals surface area contributed by atoms with Crippen molar-refractivity contribution >= 4 is 5.82 Å². The number of nitrogens with zero attached hydrogens (tertiary/aromatic N) is 3. The molecule has 2 aromatic rings. The minimum absolute atomic E-state index is 0.309. The SMILES string of the molecule is CNc1cc(-c2ccncc2)nc(C(C)C)n1. The van der Waals surface area contributed by atoms with Gasteiger partial charge in [-0.05, 0) is 12.1 Å². The van der Waals surface area contributed by atoms with Gasteiger partial charge in [-0.3, -0.25) is 4.98 Å². The first kappa shape index (κ1) is 11.5. The third-order valence-electron chi connectivity index (χ3n) is 2.49. The van der Waals surface area contributed by atoms with E-state index < -0.39 is 0 Å². The van der Waals surface area contributed by atoms with Gasteiger partial charge >= 0.3 is 0 Å². The summed E-state index contributed by atoms with van der Waals surface area (Å²) in [6.07, 6.45) is 3.54. The normalized spacial score (nSPS) is 10.6. The molecule has 0 fully saturated rings. The van der Waals surface area contributed by atoms with Crippen LogP contribution < -0.4 is 5.32 Å². The highest BCUT2D eigenvalue weighted by Crippen LogP contribution is 2.21. The molecule has 88 valence electrons. The fraction of sp³-hybridized carbons (Fsp3) is 0.308. The van der Waals surface area contributed by atoms with Crippen LogP contribution in [0, 0.1) is 0 Å². The van der Waals surface area contributed by atoms with Crippen LogP contribution in [0.2, 0.25) is 0 Å². The number of anilines is 1. The first-order chi connectivity index (χ1) is 8.20. The predicted octanol–water partition coefficient (Wildman–Crippen LogP) is 2.70. The van der Waals surface area contributed by atoms with Crippen LogP contribution in [0.3, 0.4) is 0 Å². The Bertz CT molecular complexity index is 494. The topological polar surface area (TPSA) is 50.7 Å². The summed E-state index contributed by atoms with van der Waals surface area (Å²) in [5.41, 5.74) is 1.98. The fourth-order valence-corrected chi connectivity index (χ4v) is 1.52. The van der Waals surface area contributed by atoms with Crippen LogP contribution in [-0.4, -0.2) is 22.0 Å². The van der Waals surface area contributed by atoms with E-state index in [1.807, 2.05) is 25.2 Å². The first-order valence-corrected chi connectivity index (χ1v) is 5.68. The lowest BCUT2D eigenvalue weighted by molar-refractivity contribution is 0.777. The van der Waals surface area contributed by atoms with Crippen molar-refractivity contribution in [1.29, 1.82) is 0 Å². The molecule has 0 radical (unpaired) electrons. The van der Waals surface area contributed by atoms with Crippen molar-refractivity contribution in [2.24, 2.45) is 0 Å². The Kier molecular flexibility index (Phi) is 3.32. The molecule has 2 heterocycles. The largest absolute Gasteiger partial charge is 0.373 e. The molecule has 0 spiro atoms. The lowest BCUT2D eigenvalue weighted by atomic mass is 10.1. The van der Waals surface area contributed by atoms with E-state index in [1.165, 1.54) is 0 Å². The third kappa shape index (κ3) is 2.58. The molecule has 0 aromatic carbocycles. The fourth-order valence-electron chi connectivity index (χ4n) is 1.52. The van der Waals surface area contributed by atoms with Crippen molar-refractivity contribution in [3.63, 3.8) is 0 Å². The molecule has 2 rings (SSSR count). The van der Waals surface area contributed by atoms with E-state index >= 15 is 0 Å². The number of aromatic nitrogens is 3. The maximum atomic E-state index is 4.57. The van der Waals surface area contributed by atoms with Gasteiger partial charge in [-0.1, -0.05) is 13.8 Å². The molecule has 0 saturated carbocycles. The van der Waals surface area contributed by atoms with Crippen LogP contribution in [0.4, 0.5) is 5.82 Å². The zero-order valence-electron chi connectivity index (χ0n) is 10.3. The van der Waals surface area contributed by atoms with E-state index in [0.29, 0.717) is 5.92 Å². The van der Waals surface area contributed by atoms with Crippen LogP contribution in [0.1, 0.15) is 25.6 Å². The number of rotatable bonds is 3. The van der Waals surface area contributed by atoms with E-state index in [0.717, 1.165) is 22.9 Å². The minimum Gasteiger partial charge on any atom is -0.373 e. The van der Waals surface area contributed by atoms with Gasteiger partial charge in [0.05, 0.1) is 5.69 Å². The molecule has 0 aliphatic rings. The van der Waals surface area contributed by atoms with E-state index in [-0.39, 0.29) is 0 Å². The van der Waals surface area contributed by atoms with Crippen molar-refractivity contribution in [3.05, 3.63) is 36.4 Å². The van der Waals surface area contributed by atoms with Gasteiger partial charge in [0, 0.05) is 37.0 Å². The Balaban J connectivity index is 2.50. The highest BCUT2D eigenvalue weighted by molar-refractivity contribution is 5.61. The lowest BCUT2D eigenvalue weighted by Crippen LogP contribution is -2.03. The highest BCUT2D eigenvalue weighted by Gasteiger charge is 2.08. The van der Waals surface area contributed by atoms with Crippen LogP contribution in [0.5, 0.6) is 0 Å². The molecule has 4 heteroatoms. The Morgan fingerprint density at radius 3 is 2.41 bits per heavy atom. The van der Waals surface area contributed by atoms with Crippen LogP contribution in [-0.2, 0) is 0 Å². The molecule has 0 bridgehead atoms. The van der Waals surface area contributed by atoms with E-state index in [1.54, 1.807) is 12.4 Å². The standard InChI is InChI=1S/C13H16N4/c1-9(2)13-16-11(8-12(14-3)17-13)10-4-6-15-7-5-10/h4-9H,1-3H3,(H,14,16,17). The van der Waals surface area contributed by atoms with Crippen molar-refractivity contribution in [3.8, 4) is 11.3 Å². The lowest BCUT2D eigenvalue weighted by Gasteiger charge is -2.09. The second-order valence-electron chi connectivity index (χ2n) is 4.14. The van der Waals surface area contributed by atoms with Gasteiger partial charge in [0.25, 0.3) is 0 Å². The monoisotopic (exact) mass is 228 g/mol. The molecule has 0 aliphatic heterocycles. The predicted molar refractivity (Wildman–Crippen MR) is 68.9 cm³/mol. The van der Waals surface area contributed by atoms with Crippen LogP contribution in [0.15, 0.2) is 30.6 Å². The summed E-state index contributed by atoms with van der Waals surface area (Å²) in [4.78, 5) is 13.0. The van der Waals surface area contributed by atoms with Gasteiger partial charge < -0.3 is 5.32 Å². The van der Waals surface area contributed by atoms with Crippen molar-refractivity contribution < 1.29 is 0 Å². The van der Waals surface area contributed by atoms with Gasteiger partial charge in [-0.15, -0.1) is 0 Å². The third-order valence-corrected chi connectivity index (χ3v) is 2.49. The van der Waals surface area contributed by atoms with Gasteiger partial charge in [-0.25, -0.2) is 9.97 Å². The Morgan fingerprint density at radius 2 is 1.82 bits per heavy atom. The second kappa shape index (κ2) is 4.91. The molecule has 0 unspecified atom stereocenters. The van der Waals surface area contributed by atoms with Crippen molar-refractivity contribution in [1.82, 2.24) is 15.0 Å². The number of pyridine rings is 1. The number of nitrogens with one attached hydrogen (secondary N) is 1. The Morgan fingerprint density at radius 1 is 1.12 bits per heavy atom. The van der Waals surface area contributed by atoms with Gasteiger partial charge in [0.1, 0.15) is 11.6 Å². The number of hydrogen-bond donors (Lipinski definition) is 1. The van der Waals surface area contributed by atoms with Gasteiger partial charge in [-0.2, -0.15) is 0 Å². The highest BCUT2D eigenvalue weighted by atomic mass is 15.0. The molecular formula is C13H16N4. The average Bonchev–Trinajstić information content (AvgIpc) is 2.39. The van der Waals surface area contributed by atoms with Gasteiger partial charge in [0.15, 0.2) is 0 Å². The average molecular weight is 228 g/mol. The zero-order chi connectivity index (χ0) is 12.3. The molecule has 1 N–H and O–H groups in total. The Labute approximate surface area is 101 Å². The molecular weight excluding hydrogens is 212 g/mol. The maximum absolute atomic E-state index is 4.57. The number of hydrogen-bond acceptors (Lipinski definition) is 4.